The summed E-state index contributed by atoms with van der Waals surface area (Å²) in [5.74, 6) is 0.443. The van der Waals surface area contributed by atoms with Crippen molar-refractivity contribution in [1.82, 2.24) is 5.32 Å². The lowest BCUT2D eigenvalue weighted by Crippen LogP contribution is -2.34. The fourth-order valence-electron chi connectivity index (χ4n) is 0.620. The Morgan fingerprint density at radius 3 is 2.55 bits per heavy atom. The monoisotopic (exact) mass is 174 g/mol. The second-order valence-electron chi connectivity index (χ2n) is 2.84. The SMILES string of the molecule is CC(C)CCC(=O)NC(N)=S. The summed E-state index contributed by atoms with van der Waals surface area (Å²) in [6.07, 6.45) is 1.36. The van der Waals surface area contributed by atoms with Crippen molar-refractivity contribution >= 4 is 23.2 Å². The highest BCUT2D eigenvalue weighted by Crippen LogP contribution is 2.02. The van der Waals surface area contributed by atoms with Crippen LogP contribution in [0.4, 0.5) is 0 Å². The van der Waals surface area contributed by atoms with E-state index >= 15 is 0 Å². The van der Waals surface area contributed by atoms with Crippen LogP contribution in [0, 0.1) is 5.92 Å². The van der Waals surface area contributed by atoms with Gasteiger partial charge in [-0.15, -0.1) is 0 Å². The first-order valence-electron chi connectivity index (χ1n) is 3.61. The Labute approximate surface area is 72.3 Å². The molecule has 0 saturated carbocycles. The van der Waals surface area contributed by atoms with Crippen LogP contribution < -0.4 is 11.1 Å². The Bertz CT molecular complexity index is 157. The lowest BCUT2D eigenvalue weighted by Gasteiger charge is -2.03. The minimum atomic E-state index is -0.0915. The van der Waals surface area contributed by atoms with Gasteiger partial charge in [0.05, 0.1) is 0 Å². The van der Waals surface area contributed by atoms with Gasteiger partial charge < -0.3 is 11.1 Å². The maximum atomic E-state index is 10.9. The first-order chi connectivity index (χ1) is 5.02. The Morgan fingerprint density at radius 2 is 2.18 bits per heavy atom. The third-order valence-corrected chi connectivity index (χ3v) is 1.31. The molecule has 0 atom stereocenters. The van der Waals surface area contributed by atoms with Crippen LogP contribution in [0.5, 0.6) is 0 Å². The molecule has 0 radical (unpaired) electrons. The van der Waals surface area contributed by atoms with E-state index in [1.807, 2.05) is 0 Å². The largest absolute Gasteiger partial charge is 0.376 e. The molecule has 3 nitrogen and oxygen atoms in total. The highest BCUT2D eigenvalue weighted by Gasteiger charge is 2.02. The maximum absolute atomic E-state index is 10.9. The number of rotatable bonds is 3. The zero-order chi connectivity index (χ0) is 8.85. The van der Waals surface area contributed by atoms with Gasteiger partial charge >= 0.3 is 0 Å². The summed E-state index contributed by atoms with van der Waals surface area (Å²) < 4.78 is 0. The van der Waals surface area contributed by atoms with Crippen molar-refractivity contribution in [3.8, 4) is 0 Å². The summed E-state index contributed by atoms with van der Waals surface area (Å²) >= 11 is 4.50. The predicted molar refractivity (Wildman–Crippen MR) is 49.0 cm³/mol. The Morgan fingerprint density at radius 1 is 1.64 bits per heavy atom. The van der Waals surface area contributed by atoms with E-state index in [2.05, 4.69) is 31.4 Å². The van der Waals surface area contributed by atoms with Crippen LogP contribution in [0.3, 0.4) is 0 Å². The molecule has 0 fully saturated rings. The highest BCUT2D eigenvalue weighted by atomic mass is 32.1. The molecule has 0 aromatic heterocycles. The number of nitrogens with one attached hydrogen (secondary N) is 1. The minimum absolute atomic E-state index is 0.0544. The second-order valence-corrected chi connectivity index (χ2v) is 3.28. The smallest absolute Gasteiger partial charge is 0.226 e. The molecule has 0 aromatic carbocycles. The average Bonchev–Trinajstić information content (AvgIpc) is 1.82. The molecule has 11 heavy (non-hydrogen) atoms. The Kier molecular flexibility index (Phi) is 4.77. The van der Waals surface area contributed by atoms with Gasteiger partial charge in [-0.3, -0.25) is 4.79 Å². The van der Waals surface area contributed by atoms with Crippen molar-refractivity contribution in [1.29, 1.82) is 0 Å². The molecule has 64 valence electrons. The van der Waals surface area contributed by atoms with E-state index in [9.17, 15) is 4.79 Å². The number of hydrogen-bond donors (Lipinski definition) is 2. The summed E-state index contributed by atoms with van der Waals surface area (Å²) in [6, 6.07) is 0. The topological polar surface area (TPSA) is 55.1 Å². The molecule has 0 spiro atoms. The molecule has 0 aliphatic heterocycles. The van der Waals surface area contributed by atoms with Gasteiger partial charge in [-0.1, -0.05) is 13.8 Å². The van der Waals surface area contributed by atoms with Crippen molar-refractivity contribution in [2.75, 3.05) is 0 Å². The van der Waals surface area contributed by atoms with E-state index in [0.29, 0.717) is 12.3 Å². The Balaban J connectivity index is 3.46. The zero-order valence-corrected chi connectivity index (χ0v) is 7.70. The summed E-state index contributed by atoms with van der Waals surface area (Å²) in [5.41, 5.74) is 5.10. The summed E-state index contributed by atoms with van der Waals surface area (Å²) in [5, 5.41) is 2.42. The lowest BCUT2D eigenvalue weighted by molar-refractivity contribution is -0.119. The molecule has 3 N–H and O–H groups in total. The molecule has 4 heteroatoms. The number of nitrogens with two attached hydrogens (primary N) is 1. The second kappa shape index (κ2) is 5.07. The number of carbonyl (C=O) groups is 1. The van der Waals surface area contributed by atoms with Crippen LogP contribution in [-0.2, 0) is 4.79 Å². The fourth-order valence-corrected chi connectivity index (χ4v) is 0.734. The average molecular weight is 174 g/mol. The van der Waals surface area contributed by atoms with E-state index in [1.165, 1.54) is 0 Å². The third-order valence-electron chi connectivity index (χ3n) is 1.21. The van der Waals surface area contributed by atoms with Gasteiger partial charge in [0.1, 0.15) is 0 Å². The highest BCUT2D eigenvalue weighted by molar-refractivity contribution is 7.80. The van der Waals surface area contributed by atoms with Crippen LogP contribution in [0.15, 0.2) is 0 Å². The van der Waals surface area contributed by atoms with Crippen LogP contribution >= 0.6 is 12.2 Å². The first kappa shape index (κ1) is 10.4. The van der Waals surface area contributed by atoms with E-state index in [0.717, 1.165) is 6.42 Å². The third kappa shape index (κ3) is 7.25. The van der Waals surface area contributed by atoms with Crippen LogP contribution in [0.2, 0.25) is 0 Å². The van der Waals surface area contributed by atoms with Crippen LogP contribution in [-0.4, -0.2) is 11.0 Å². The van der Waals surface area contributed by atoms with Gasteiger partial charge in [-0.05, 0) is 24.6 Å². The van der Waals surface area contributed by atoms with Crippen LogP contribution in [0.25, 0.3) is 0 Å². The Hall–Kier alpha value is -0.640. The van der Waals surface area contributed by atoms with Gasteiger partial charge in [0.25, 0.3) is 0 Å². The molecule has 0 aliphatic carbocycles. The van der Waals surface area contributed by atoms with E-state index < -0.39 is 0 Å². The van der Waals surface area contributed by atoms with E-state index in [1.54, 1.807) is 0 Å². The standard InChI is InChI=1S/C7H14N2OS/c1-5(2)3-4-6(10)9-7(8)11/h5H,3-4H2,1-2H3,(H3,8,9,10,11). The van der Waals surface area contributed by atoms with E-state index in [-0.39, 0.29) is 11.0 Å². The van der Waals surface area contributed by atoms with Gasteiger partial charge in [0.2, 0.25) is 5.91 Å². The normalized spacial score (nSPS) is 9.73. The molecule has 1 amide bonds. The van der Waals surface area contributed by atoms with Crippen LogP contribution in [0.1, 0.15) is 26.7 Å². The van der Waals surface area contributed by atoms with Crippen molar-refractivity contribution in [3.05, 3.63) is 0 Å². The number of carbonyl (C=O) groups excluding carboxylic acids is 1. The molecule has 0 heterocycles. The van der Waals surface area contributed by atoms with Crippen molar-refractivity contribution in [3.63, 3.8) is 0 Å². The van der Waals surface area contributed by atoms with Crippen molar-refractivity contribution < 1.29 is 4.79 Å². The van der Waals surface area contributed by atoms with Gasteiger partial charge in [0, 0.05) is 6.42 Å². The quantitative estimate of drug-likeness (QED) is 0.622. The molecule has 0 unspecified atom stereocenters. The number of hydrogen-bond acceptors (Lipinski definition) is 2. The molecule has 0 aliphatic rings. The molecule has 0 rings (SSSR count). The molecule has 0 aromatic rings. The van der Waals surface area contributed by atoms with Crippen molar-refractivity contribution in [2.45, 2.75) is 26.7 Å². The first-order valence-corrected chi connectivity index (χ1v) is 4.02. The summed E-state index contributed by atoms with van der Waals surface area (Å²) in [6.45, 7) is 4.13. The summed E-state index contributed by atoms with van der Waals surface area (Å²) in [7, 11) is 0. The van der Waals surface area contributed by atoms with E-state index in [4.69, 9.17) is 5.73 Å². The molecule has 0 saturated heterocycles. The molecular weight excluding hydrogens is 160 g/mol. The minimum Gasteiger partial charge on any atom is -0.376 e. The van der Waals surface area contributed by atoms with Crippen molar-refractivity contribution in [2.24, 2.45) is 11.7 Å². The van der Waals surface area contributed by atoms with Gasteiger partial charge in [0.15, 0.2) is 5.11 Å². The van der Waals surface area contributed by atoms with Gasteiger partial charge in [-0.2, -0.15) is 0 Å². The predicted octanol–water partition coefficient (Wildman–Crippen LogP) is 0.782. The molecule has 0 bridgehead atoms. The number of amides is 1. The zero-order valence-electron chi connectivity index (χ0n) is 6.89. The maximum Gasteiger partial charge on any atom is 0.226 e. The number of thiocarbonyl (C=S) groups is 1. The fraction of sp³-hybridized carbons (Fsp3) is 0.714. The molecular formula is C7H14N2OS. The van der Waals surface area contributed by atoms with Gasteiger partial charge in [-0.25, -0.2) is 0 Å². The lowest BCUT2D eigenvalue weighted by atomic mass is 10.1. The summed E-state index contributed by atoms with van der Waals surface area (Å²) in [4.78, 5) is 10.9.